The maximum atomic E-state index is 10.8. The Labute approximate surface area is 156 Å². The summed E-state index contributed by atoms with van der Waals surface area (Å²) < 4.78 is 7.06. The highest BCUT2D eigenvalue weighted by Gasteiger charge is 2.30. The Morgan fingerprint density at radius 2 is 2.00 bits per heavy atom. The molecular weight excluding hydrogens is 348 g/mol. The summed E-state index contributed by atoms with van der Waals surface area (Å²) in [6, 6.07) is 7.57. The van der Waals surface area contributed by atoms with Crippen molar-refractivity contribution >= 4 is 16.3 Å². The quantitative estimate of drug-likeness (QED) is 0.614. The van der Waals surface area contributed by atoms with Crippen molar-refractivity contribution < 1.29 is 9.84 Å². The normalized spacial score (nSPS) is 12.4. The van der Waals surface area contributed by atoms with E-state index in [1.54, 1.807) is 14.0 Å². The van der Waals surface area contributed by atoms with Crippen molar-refractivity contribution in [2.75, 3.05) is 20.2 Å². The molecule has 0 bridgehead atoms. The molecular formula is C19H22N4O2S. The van der Waals surface area contributed by atoms with Crippen molar-refractivity contribution in [3.63, 3.8) is 0 Å². The van der Waals surface area contributed by atoms with E-state index in [-0.39, 0.29) is 11.9 Å². The second-order valence-electron chi connectivity index (χ2n) is 5.82. The van der Waals surface area contributed by atoms with Gasteiger partial charge in [0.1, 0.15) is 11.6 Å². The summed E-state index contributed by atoms with van der Waals surface area (Å²) in [7, 11) is 1.65. The van der Waals surface area contributed by atoms with Crippen LogP contribution < -0.4 is 4.74 Å². The Hall–Kier alpha value is -2.64. The van der Waals surface area contributed by atoms with E-state index in [0.29, 0.717) is 23.9 Å². The maximum absolute atomic E-state index is 10.8. The molecule has 2 aromatic heterocycles. The molecule has 0 radical (unpaired) electrons. The van der Waals surface area contributed by atoms with Crippen LogP contribution in [0.25, 0.3) is 4.96 Å². The third kappa shape index (κ3) is 3.23. The number of fused-ring (bicyclic) bond motifs is 1. The predicted molar refractivity (Wildman–Crippen MR) is 104 cm³/mol. The lowest BCUT2D eigenvalue weighted by molar-refractivity contribution is 0.267. The third-order valence-corrected chi connectivity index (χ3v) is 5.15. The number of benzene rings is 1. The fourth-order valence-electron chi connectivity index (χ4n) is 3.04. The fourth-order valence-corrected chi connectivity index (χ4v) is 4.19. The fraction of sp³-hybridized carbons (Fsp3) is 0.263. The first-order chi connectivity index (χ1) is 12.6. The highest BCUT2D eigenvalue weighted by Crippen LogP contribution is 2.42. The first-order valence-corrected chi connectivity index (χ1v) is 9.06. The molecule has 0 amide bonds. The number of para-hydroxylation sites is 1. The van der Waals surface area contributed by atoms with Crippen molar-refractivity contribution in [2.45, 2.75) is 13.0 Å². The number of aromatic nitrogens is 3. The minimum atomic E-state index is -0.240. The molecule has 1 unspecified atom stereocenters. The summed E-state index contributed by atoms with van der Waals surface area (Å²) >= 11 is 1.42. The average molecular weight is 370 g/mol. The zero-order chi connectivity index (χ0) is 18.7. The highest BCUT2D eigenvalue weighted by atomic mass is 32.1. The molecule has 7 heteroatoms. The second kappa shape index (κ2) is 7.72. The van der Waals surface area contributed by atoms with E-state index in [1.807, 2.05) is 36.4 Å². The van der Waals surface area contributed by atoms with Gasteiger partial charge >= 0.3 is 0 Å². The summed E-state index contributed by atoms with van der Waals surface area (Å²) in [5.41, 5.74) is 0.954. The molecule has 2 heterocycles. The summed E-state index contributed by atoms with van der Waals surface area (Å²) in [6.07, 6.45) is 3.67. The molecule has 3 aromatic rings. The van der Waals surface area contributed by atoms with Gasteiger partial charge in [-0.3, -0.25) is 4.90 Å². The van der Waals surface area contributed by atoms with Crippen LogP contribution in [0.4, 0.5) is 0 Å². The topological polar surface area (TPSA) is 62.9 Å². The van der Waals surface area contributed by atoms with Gasteiger partial charge in [0, 0.05) is 18.7 Å². The molecule has 136 valence electrons. The van der Waals surface area contributed by atoms with Gasteiger partial charge in [-0.05, 0) is 13.0 Å². The van der Waals surface area contributed by atoms with Gasteiger partial charge < -0.3 is 9.84 Å². The molecule has 0 aliphatic rings. The lowest BCUT2D eigenvalue weighted by Gasteiger charge is -2.30. The smallest absolute Gasteiger partial charge is 0.230 e. The molecule has 1 atom stereocenters. The molecule has 3 rings (SSSR count). The first kappa shape index (κ1) is 18.2. The number of nitrogens with zero attached hydrogens (tertiary/aromatic N) is 4. The molecule has 26 heavy (non-hydrogen) atoms. The van der Waals surface area contributed by atoms with Crippen LogP contribution in [-0.4, -0.2) is 44.8 Å². The second-order valence-corrected chi connectivity index (χ2v) is 6.83. The van der Waals surface area contributed by atoms with Gasteiger partial charge in [0.15, 0.2) is 0 Å². The first-order valence-electron chi connectivity index (χ1n) is 8.24. The molecule has 1 N–H and O–H groups in total. The summed E-state index contributed by atoms with van der Waals surface area (Å²) in [5.74, 6) is 1.48. The summed E-state index contributed by atoms with van der Waals surface area (Å²) in [5, 5.41) is 15.1. The minimum Gasteiger partial charge on any atom is -0.496 e. The maximum Gasteiger partial charge on any atom is 0.230 e. The molecule has 1 aromatic carbocycles. The van der Waals surface area contributed by atoms with Gasteiger partial charge in [0.25, 0.3) is 0 Å². The Bertz CT molecular complexity index is 921. The van der Waals surface area contributed by atoms with E-state index in [9.17, 15) is 5.11 Å². The number of rotatable bonds is 8. The van der Waals surface area contributed by atoms with Crippen molar-refractivity contribution in [2.24, 2.45) is 0 Å². The molecule has 0 aliphatic carbocycles. The summed E-state index contributed by atoms with van der Waals surface area (Å²) in [6.45, 7) is 10.8. The Balaban J connectivity index is 2.21. The largest absolute Gasteiger partial charge is 0.496 e. The van der Waals surface area contributed by atoms with E-state index in [4.69, 9.17) is 4.74 Å². The monoisotopic (exact) mass is 370 g/mol. The minimum absolute atomic E-state index is 0.0969. The summed E-state index contributed by atoms with van der Waals surface area (Å²) in [4.78, 5) is 7.96. The van der Waals surface area contributed by atoms with Crippen LogP contribution in [0.15, 0.2) is 49.6 Å². The highest BCUT2D eigenvalue weighted by molar-refractivity contribution is 7.17. The lowest BCUT2D eigenvalue weighted by Crippen LogP contribution is -2.30. The number of aryl methyl sites for hydroxylation is 1. The van der Waals surface area contributed by atoms with E-state index in [0.717, 1.165) is 16.2 Å². The van der Waals surface area contributed by atoms with Gasteiger partial charge in [-0.25, -0.2) is 4.98 Å². The van der Waals surface area contributed by atoms with Gasteiger partial charge in [-0.2, -0.15) is 4.52 Å². The number of thiazole rings is 1. The van der Waals surface area contributed by atoms with Crippen LogP contribution in [0, 0.1) is 6.92 Å². The van der Waals surface area contributed by atoms with E-state index < -0.39 is 0 Å². The van der Waals surface area contributed by atoms with E-state index in [1.165, 1.54) is 15.9 Å². The van der Waals surface area contributed by atoms with Crippen LogP contribution in [0.2, 0.25) is 0 Å². The zero-order valence-corrected chi connectivity index (χ0v) is 15.7. The number of ether oxygens (including phenoxy) is 1. The standard InChI is InChI=1S/C19H22N4O2S/c1-5-11-22(12-6-2)16(14-9-7-8-10-15(14)25-4)17-18(24)23-19(26-17)20-13(3)21-23/h5-10,16,24H,1-2,11-12H2,3-4H3. The number of hydrogen-bond acceptors (Lipinski definition) is 6. The number of methoxy groups -OCH3 is 1. The molecule has 0 saturated heterocycles. The van der Waals surface area contributed by atoms with Crippen molar-refractivity contribution in [1.82, 2.24) is 19.5 Å². The SMILES string of the molecule is C=CCN(CC=C)C(c1ccccc1OC)c1sc2nc(C)nn2c1O. The number of aromatic hydroxyl groups is 1. The van der Waals surface area contributed by atoms with Gasteiger partial charge in [-0.15, -0.1) is 18.3 Å². The molecule has 0 spiro atoms. The molecule has 0 saturated carbocycles. The van der Waals surface area contributed by atoms with Gasteiger partial charge in [0.05, 0.1) is 18.0 Å². The van der Waals surface area contributed by atoms with Crippen LogP contribution in [0.5, 0.6) is 11.6 Å². The lowest BCUT2D eigenvalue weighted by atomic mass is 10.0. The van der Waals surface area contributed by atoms with Crippen LogP contribution in [0.3, 0.4) is 0 Å². The van der Waals surface area contributed by atoms with Crippen molar-refractivity contribution in [1.29, 1.82) is 0 Å². The average Bonchev–Trinajstić information content (AvgIpc) is 3.14. The molecule has 0 fully saturated rings. The Morgan fingerprint density at radius 3 is 2.62 bits per heavy atom. The third-order valence-electron chi connectivity index (χ3n) is 4.08. The Morgan fingerprint density at radius 1 is 1.31 bits per heavy atom. The van der Waals surface area contributed by atoms with Crippen LogP contribution in [0.1, 0.15) is 22.3 Å². The van der Waals surface area contributed by atoms with E-state index in [2.05, 4.69) is 28.1 Å². The molecule has 6 nitrogen and oxygen atoms in total. The van der Waals surface area contributed by atoms with E-state index >= 15 is 0 Å². The van der Waals surface area contributed by atoms with Crippen LogP contribution in [-0.2, 0) is 0 Å². The zero-order valence-electron chi connectivity index (χ0n) is 14.9. The van der Waals surface area contributed by atoms with Gasteiger partial charge in [0.2, 0.25) is 10.8 Å². The van der Waals surface area contributed by atoms with Gasteiger partial charge in [-0.1, -0.05) is 41.7 Å². The van der Waals surface area contributed by atoms with Crippen molar-refractivity contribution in [3.8, 4) is 11.6 Å². The Kier molecular flexibility index (Phi) is 5.39. The predicted octanol–water partition coefficient (Wildman–Crippen LogP) is 3.58. The number of hydrogen-bond donors (Lipinski definition) is 1. The molecule has 0 aliphatic heterocycles. The van der Waals surface area contributed by atoms with Crippen molar-refractivity contribution in [3.05, 3.63) is 65.8 Å². The van der Waals surface area contributed by atoms with Crippen LogP contribution >= 0.6 is 11.3 Å².